The Morgan fingerprint density at radius 3 is 2.72 bits per heavy atom. The van der Waals surface area contributed by atoms with Gasteiger partial charge in [0.05, 0.1) is 12.2 Å². The fraction of sp³-hybridized carbons (Fsp3) is 0.526. The number of nitrogens with zero attached hydrogens (tertiary/aromatic N) is 1. The van der Waals surface area contributed by atoms with Gasteiger partial charge >= 0.3 is 5.63 Å². The Kier molecular flexibility index (Phi) is 5.42. The van der Waals surface area contributed by atoms with Crippen molar-refractivity contribution in [1.29, 1.82) is 0 Å². The van der Waals surface area contributed by atoms with E-state index in [2.05, 4.69) is 4.90 Å². The Labute approximate surface area is 147 Å². The molecule has 0 bridgehead atoms. The van der Waals surface area contributed by atoms with Crippen molar-refractivity contribution < 1.29 is 19.0 Å². The molecular weight excluding hydrogens is 322 g/mol. The molecule has 1 saturated heterocycles. The zero-order valence-corrected chi connectivity index (χ0v) is 14.9. The van der Waals surface area contributed by atoms with E-state index >= 15 is 0 Å². The summed E-state index contributed by atoms with van der Waals surface area (Å²) < 4.78 is 16.6. The summed E-state index contributed by atoms with van der Waals surface area (Å²) in [5.74, 6) is 0.573. The van der Waals surface area contributed by atoms with Crippen LogP contribution in [0.3, 0.4) is 0 Å². The molecule has 0 radical (unpaired) electrons. The van der Waals surface area contributed by atoms with Crippen molar-refractivity contribution in [2.75, 3.05) is 26.2 Å². The molecule has 1 aromatic carbocycles. The average Bonchev–Trinajstić information content (AvgIpc) is 2.51. The van der Waals surface area contributed by atoms with Gasteiger partial charge in [0.2, 0.25) is 0 Å². The highest BCUT2D eigenvalue weighted by molar-refractivity contribution is 5.81. The van der Waals surface area contributed by atoms with Crippen LogP contribution in [0.15, 0.2) is 33.5 Å². The second-order valence-corrected chi connectivity index (χ2v) is 6.85. The highest BCUT2D eigenvalue weighted by Crippen LogP contribution is 2.22. The largest absolute Gasteiger partial charge is 0.491 e. The molecule has 6 heteroatoms. The molecule has 1 aromatic heterocycles. The number of β-amino-alcohol motifs (C(OH)–C–C–N with tert-alkyl or cyclic N) is 1. The first-order valence-corrected chi connectivity index (χ1v) is 8.64. The molecule has 1 fully saturated rings. The van der Waals surface area contributed by atoms with Gasteiger partial charge in [-0.1, -0.05) is 0 Å². The highest BCUT2D eigenvalue weighted by atomic mass is 16.5. The van der Waals surface area contributed by atoms with Crippen molar-refractivity contribution in [2.24, 2.45) is 0 Å². The second-order valence-electron chi connectivity index (χ2n) is 6.85. The van der Waals surface area contributed by atoms with E-state index in [1.54, 1.807) is 6.07 Å². The molecule has 3 atom stereocenters. The molecule has 2 aromatic rings. The minimum Gasteiger partial charge on any atom is -0.491 e. The number of ether oxygens (including phenoxy) is 2. The molecule has 25 heavy (non-hydrogen) atoms. The van der Waals surface area contributed by atoms with Gasteiger partial charge in [-0.3, -0.25) is 4.90 Å². The number of aryl methyl sites for hydroxylation is 1. The topological polar surface area (TPSA) is 72.1 Å². The summed E-state index contributed by atoms with van der Waals surface area (Å²) in [6.07, 6.45) is -0.260. The lowest BCUT2D eigenvalue weighted by Gasteiger charge is -2.36. The highest BCUT2D eigenvalue weighted by Gasteiger charge is 2.24. The first-order chi connectivity index (χ1) is 11.9. The number of rotatable bonds is 5. The lowest BCUT2D eigenvalue weighted by molar-refractivity contribution is -0.0786. The molecule has 0 unspecified atom stereocenters. The van der Waals surface area contributed by atoms with Crippen molar-refractivity contribution in [3.63, 3.8) is 0 Å². The van der Waals surface area contributed by atoms with Crippen LogP contribution in [-0.2, 0) is 4.74 Å². The third kappa shape index (κ3) is 4.60. The molecule has 2 heterocycles. The summed E-state index contributed by atoms with van der Waals surface area (Å²) in [6.45, 7) is 8.28. The van der Waals surface area contributed by atoms with Gasteiger partial charge in [0.15, 0.2) is 0 Å². The predicted molar refractivity (Wildman–Crippen MR) is 95.2 cm³/mol. The van der Waals surface area contributed by atoms with Crippen molar-refractivity contribution in [2.45, 2.75) is 39.1 Å². The number of benzene rings is 1. The molecule has 136 valence electrons. The smallest absolute Gasteiger partial charge is 0.336 e. The Bertz CT molecular complexity index is 777. The minimum atomic E-state index is -0.599. The normalized spacial score (nSPS) is 22.9. The van der Waals surface area contributed by atoms with Gasteiger partial charge in [0.1, 0.15) is 24.0 Å². The molecule has 3 rings (SSSR count). The Hall–Kier alpha value is -1.89. The average molecular weight is 347 g/mol. The van der Waals surface area contributed by atoms with Crippen molar-refractivity contribution in [3.05, 3.63) is 40.2 Å². The molecule has 0 amide bonds. The number of aliphatic hydroxyl groups is 1. The fourth-order valence-corrected chi connectivity index (χ4v) is 3.37. The SMILES string of the molecule is Cc1cc(=O)oc2cc(OC[C@@H](O)CN3C[C@@H](C)O[C@H](C)C3)ccc12. The molecule has 0 saturated carbocycles. The zero-order chi connectivity index (χ0) is 18.0. The van der Waals surface area contributed by atoms with Gasteiger partial charge in [0.25, 0.3) is 0 Å². The first-order valence-electron chi connectivity index (χ1n) is 8.64. The fourth-order valence-electron chi connectivity index (χ4n) is 3.37. The molecule has 1 N–H and O–H groups in total. The van der Waals surface area contributed by atoms with E-state index in [9.17, 15) is 9.90 Å². The zero-order valence-electron chi connectivity index (χ0n) is 14.9. The maximum absolute atomic E-state index is 11.5. The van der Waals surface area contributed by atoms with Gasteiger partial charge in [0, 0.05) is 37.2 Å². The number of hydrogen-bond acceptors (Lipinski definition) is 6. The van der Waals surface area contributed by atoms with E-state index in [1.165, 1.54) is 6.07 Å². The second kappa shape index (κ2) is 7.56. The lowest BCUT2D eigenvalue weighted by Crippen LogP contribution is -2.48. The van der Waals surface area contributed by atoms with Crippen LogP contribution in [0.1, 0.15) is 19.4 Å². The van der Waals surface area contributed by atoms with Crippen LogP contribution in [0.5, 0.6) is 5.75 Å². The summed E-state index contributed by atoms with van der Waals surface area (Å²) in [4.78, 5) is 13.7. The standard InChI is InChI=1S/C19H25NO5/c1-12-6-19(22)25-18-7-16(4-5-17(12)18)23-11-15(21)10-20-8-13(2)24-14(3)9-20/h4-7,13-15,21H,8-11H2,1-3H3/t13-,14-,15+/m1/s1. The monoisotopic (exact) mass is 347 g/mol. The van der Waals surface area contributed by atoms with E-state index in [4.69, 9.17) is 13.9 Å². The molecule has 6 nitrogen and oxygen atoms in total. The summed E-state index contributed by atoms with van der Waals surface area (Å²) in [7, 11) is 0. The maximum Gasteiger partial charge on any atom is 0.336 e. The minimum absolute atomic E-state index is 0.170. The van der Waals surface area contributed by atoms with Crippen LogP contribution in [0, 0.1) is 6.92 Å². The maximum atomic E-state index is 11.5. The molecule has 0 aliphatic carbocycles. The molecule has 0 spiro atoms. The van der Waals surface area contributed by atoms with Crippen molar-refractivity contribution in [3.8, 4) is 5.75 Å². The molecular formula is C19H25NO5. The predicted octanol–water partition coefficient (Wildman–Crippen LogP) is 1.95. The van der Waals surface area contributed by atoms with Crippen LogP contribution in [0.2, 0.25) is 0 Å². The van der Waals surface area contributed by atoms with E-state index in [-0.39, 0.29) is 24.4 Å². The third-order valence-electron chi connectivity index (χ3n) is 4.33. The molecule has 1 aliphatic heterocycles. The van der Waals surface area contributed by atoms with Gasteiger partial charge < -0.3 is 19.0 Å². The van der Waals surface area contributed by atoms with Gasteiger partial charge in [-0.15, -0.1) is 0 Å². The van der Waals surface area contributed by atoms with E-state index < -0.39 is 6.10 Å². The van der Waals surface area contributed by atoms with Crippen LogP contribution < -0.4 is 10.4 Å². The van der Waals surface area contributed by atoms with Crippen molar-refractivity contribution >= 4 is 11.0 Å². The summed E-state index contributed by atoms with van der Waals surface area (Å²) in [5.41, 5.74) is 0.985. The van der Waals surface area contributed by atoms with Crippen LogP contribution in [0.25, 0.3) is 11.0 Å². The van der Waals surface area contributed by atoms with Gasteiger partial charge in [-0.05, 0) is 38.5 Å². The number of hydrogen-bond donors (Lipinski definition) is 1. The van der Waals surface area contributed by atoms with Crippen molar-refractivity contribution in [1.82, 2.24) is 4.90 Å². The number of fused-ring (bicyclic) bond motifs is 1. The van der Waals surface area contributed by atoms with Crippen LogP contribution in [0.4, 0.5) is 0 Å². The quantitative estimate of drug-likeness (QED) is 0.834. The Morgan fingerprint density at radius 2 is 2.00 bits per heavy atom. The summed E-state index contributed by atoms with van der Waals surface area (Å²) >= 11 is 0. The van der Waals surface area contributed by atoms with Crippen LogP contribution in [-0.4, -0.2) is 54.6 Å². The Morgan fingerprint density at radius 1 is 1.28 bits per heavy atom. The number of morpholine rings is 1. The number of aliphatic hydroxyl groups excluding tert-OH is 1. The summed E-state index contributed by atoms with van der Waals surface area (Å²) in [5, 5.41) is 11.1. The summed E-state index contributed by atoms with van der Waals surface area (Å²) in [6, 6.07) is 6.84. The molecule has 1 aliphatic rings. The van der Waals surface area contributed by atoms with E-state index in [0.717, 1.165) is 24.0 Å². The van der Waals surface area contributed by atoms with E-state index in [1.807, 2.05) is 32.9 Å². The first kappa shape index (κ1) is 17.9. The lowest BCUT2D eigenvalue weighted by atomic mass is 10.1. The van der Waals surface area contributed by atoms with Gasteiger partial charge in [-0.25, -0.2) is 4.79 Å². The third-order valence-corrected chi connectivity index (χ3v) is 4.33. The van der Waals surface area contributed by atoms with Gasteiger partial charge in [-0.2, -0.15) is 0 Å². The Balaban J connectivity index is 1.59. The van der Waals surface area contributed by atoms with E-state index in [0.29, 0.717) is 17.9 Å². The van der Waals surface area contributed by atoms with Crippen LogP contribution >= 0.6 is 0 Å².